The molecular formula is C19H11Cl2FN2O4. The highest BCUT2D eigenvalue weighted by Gasteiger charge is 2.12. The van der Waals surface area contributed by atoms with E-state index in [4.69, 9.17) is 27.6 Å². The van der Waals surface area contributed by atoms with E-state index >= 15 is 0 Å². The van der Waals surface area contributed by atoms with E-state index in [1.165, 1.54) is 6.08 Å². The number of amides is 1. The molecule has 3 rings (SSSR count). The average Bonchev–Trinajstić information content (AvgIpc) is 3.10. The van der Waals surface area contributed by atoms with Gasteiger partial charge in [-0.2, -0.15) is 0 Å². The van der Waals surface area contributed by atoms with E-state index in [0.717, 1.165) is 24.3 Å². The molecule has 0 atom stereocenters. The molecule has 6 nitrogen and oxygen atoms in total. The molecule has 1 aromatic heterocycles. The maximum absolute atomic E-state index is 13.7. The number of nitro groups is 1. The monoisotopic (exact) mass is 420 g/mol. The van der Waals surface area contributed by atoms with Gasteiger partial charge in [0.15, 0.2) is 0 Å². The number of nitrogens with one attached hydrogen (secondary N) is 1. The number of halogens is 3. The van der Waals surface area contributed by atoms with Crippen molar-refractivity contribution in [1.82, 2.24) is 0 Å². The topological polar surface area (TPSA) is 85.4 Å². The number of rotatable bonds is 5. The second-order valence-electron chi connectivity index (χ2n) is 5.57. The lowest BCUT2D eigenvalue weighted by molar-refractivity contribution is -0.384. The van der Waals surface area contributed by atoms with Gasteiger partial charge in [0, 0.05) is 28.8 Å². The molecule has 0 saturated carbocycles. The van der Waals surface area contributed by atoms with Gasteiger partial charge in [-0.3, -0.25) is 14.9 Å². The van der Waals surface area contributed by atoms with Crippen LogP contribution in [0.5, 0.6) is 0 Å². The zero-order valence-electron chi connectivity index (χ0n) is 14.0. The summed E-state index contributed by atoms with van der Waals surface area (Å²) in [4.78, 5) is 22.0. The average molecular weight is 421 g/mol. The minimum atomic E-state index is -0.787. The van der Waals surface area contributed by atoms with Crippen LogP contribution in [0.4, 0.5) is 15.8 Å². The van der Waals surface area contributed by atoms with Crippen LogP contribution in [-0.2, 0) is 4.79 Å². The third-order valence-corrected chi connectivity index (χ3v) is 4.19. The van der Waals surface area contributed by atoms with Gasteiger partial charge in [-0.25, -0.2) is 4.39 Å². The third kappa shape index (κ3) is 4.57. The molecule has 1 heterocycles. The quantitative estimate of drug-likeness (QED) is 0.313. The van der Waals surface area contributed by atoms with Crippen molar-refractivity contribution in [2.45, 2.75) is 0 Å². The lowest BCUT2D eigenvalue weighted by atomic mass is 10.2. The van der Waals surface area contributed by atoms with Crippen LogP contribution in [0.15, 0.2) is 59.0 Å². The number of nitrogens with zero attached hydrogens (tertiary/aromatic N) is 1. The Kier molecular flexibility index (Phi) is 5.77. The van der Waals surface area contributed by atoms with E-state index in [9.17, 15) is 19.3 Å². The number of hydrogen-bond donors (Lipinski definition) is 1. The Morgan fingerprint density at radius 2 is 1.93 bits per heavy atom. The largest absolute Gasteiger partial charge is 0.457 e. The van der Waals surface area contributed by atoms with Gasteiger partial charge in [0.25, 0.3) is 5.69 Å². The van der Waals surface area contributed by atoms with Gasteiger partial charge < -0.3 is 9.73 Å². The molecule has 2 aromatic carbocycles. The zero-order valence-corrected chi connectivity index (χ0v) is 15.5. The van der Waals surface area contributed by atoms with Gasteiger partial charge in [-0.1, -0.05) is 23.2 Å². The molecule has 0 saturated heterocycles. The molecular weight excluding hydrogens is 410 g/mol. The highest BCUT2D eigenvalue weighted by atomic mass is 35.5. The summed E-state index contributed by atoms with van der Waals surface area (Å²) in [6.45, 7) is 0. The summed E-state index contributed by atoms with van der Waals surface area (Å²) < 4.78 is 19.3. The van der Waals surface area contributed by atoms with Gasteiger partial charge >= 0.3 is 0 Å². The van der Waals surface area contributed by atoms with Crippen LogP contribution < -0.4 is 5.32 Å². The molecule has 0 bridgehead atoms. The predicted octanol–water partition coefficient (Wildman–Crippen LogP) is 5.95. The van der Waals surface area contributed by atoms with Gasteiger partial charge in [-0.15, -0.1) is 0 Å². The Balaban J connectivity index is 1.72. The van der Waals surface area contributed by atoms with Crippen molar-refractivity contribution in [3.8, 4) is 11.3 Å². The molecule has 0 spiro atoms. The highest BCUT2D eigenvalue weighted by Crippen LogP contribution is 2.31. The number of anilines is 1. The lowest BCUT2D eigenvalue weighted by Crippen LogP contribution is -2.09. The second kappa shape index (κ2) is 8.24. The van der Waals surface area contributed by atoms with Crippen molar-refractivity contribution in [3.63, 3.8) is 0 Å². The fourth-order valence-corrected chi connectivity index (χ4v) is 2.83. The summed E-state index contributed by atoms with van der Waals surface area (Å²) in [6.07, 6.45) is 2.49. The summed E-state index contributed by atoms with van der Waals surface area (Å²) in [5.41, 5.74) is 0.00182. The normalized spacial score (nSPS) is 11.0. The Labute approximate surface area is 168 Å². The number of carbonyl (C=O) groups excluding carboxylic acids is 1. The highest BCUT2D eigenvalue weighted by molar-refractivity contribution is 6.36. The molecule has 9 heteroatoms. The molecule has 0 radical (unpaired) electrons. The maximum atomic E-state index is 13.7. The Morgan fingerprint density at radius 1 is 1.14 bits per heavy atom. The molecule has 3 aromatic rings. The number of carbonyl (C=O) groups is 1. The van der Waals surface area contributed by atoms with E-state index in [1.807, 2.05) is 0 Å². The van der Waals surface area contributed by atoms with E-state index in [-0.39, 0.29) is 11.4 Å². The predicted molar refractivity (Wildman–Crippen MR) is 105 cm³/mol. The minimum Gasteiger partial charge on any atom is -0.457 e. The van der Waals surface area contributed by atoms with Gasteiger partial charge in [0.2, 0.25) is 5.91 Å². The van der Waals surface area contributed by atoms with Gasteiger partial charge in [-0.05, 0) is 42.5 Å². The van der Waals surface area contributed by atoms with Crippen molar-refractivity contribution in [2.24, 2.45) is 0 Å². The van der Waals surface area contributed by atoms with E-state index in [0.29, 0.717) is 27.1 Å². The first kappa shape index (κ1) is 19.6. The molecule has 1 N–H and O–H groups in total. The summed E-state index contributed by atoms with van der Waals surface area (Å²) >= 11 is 12.0. The molecule has 28 heavy (non-hydrogen) atoms. The number of furan rings is 1. The second-order valence-corrected chi connectivity index (χ2v) is 6.41. The van der Waals surface area contributed by atoms with E-state index in [1.54, 1.807) is 30.3 Å². The fourth-order valence-electron chi connectivity index (χ4n) is 2.33. The van der Waals surface area contributed by atoms with Crippen LogP contribution >= 0.6 is 23.2 Å². The van der Waals surface area contributed by atoms with Crippen LogP contribution in [0.1, 0.15) is 5.76 Å². The molecule has 1 amide bonds. The number of nitro benzene ring substituents is 1. The molecule has 0 aliphatic heterocycles. The minimum absolute atomic E-state index is 0.295. The SMILES string of the molecule is O=C(/C=C/c1ccc(-c2ccc(Cl)cc2Cl)o1)Nc1cc([N+](=O)[O-])ccc1F. The Morgan fingerprint density at radius 3 is 2.64 bits per heavy atom. The third-order valence-electron chi connectivity index (χ3n) is 3.64. The Bertz CT molecular complexity index is 1100. The molecule has 0 fully saturated rings. The molecule has 142 valence electrons. The van der Waals surface area contributed by atoms with Crippen molar-refractivity contribution >= 4 is 46.6 Å². The smallest absolute Gasteiger partial charge is 0.271 e. The van der Waals surface area contributed by atoms with Crippen LogP contribution in [0.25, 0.3) is 17.4 Å². The van der Waals surface area contributed by atoms with Crippen molar-refractivity contribution < 1.29 is 18.5 Å². The van der Waals surface area contributed by atoms with Crippen LogP contribution in [0.2, 0.25) is 10.0 Å². The summed E-state index contributed by atoms with van der Waals surface area (Å²) in [7, 11) is 0. The van der Waals surface area contributed by atoms with E-state index < -0.39 is 16.6 Å². The first-order valence-electron chi connectivity index (χ1n) is 7.82. The number of benzene rings is 2. The molecule has 0 aliphatic rings. The molecule has 0 unspecified atom stereocenters. The zero-order chi connectivity index (χ0) is 20.3. The number of hydrogen-bond acceptors (Lipinski definition) is 4. The molecule has 0 aliphatic carbocycles. The van der Waals surface area contributed by atoms with E-state index in [2.05, 4.69) is 5.32 Å². The fraction of sp³-hybridized carbons (Fsp3) is 0. The van der Waals surface area contributed by atoms with Gasteiger partial charge in [0.1, 0.15) is 17.3 Å². The summed E-state index contributed by atoms with van der Waals surface area (Å²) in [5.74, 6) is -0.631. The lowest BCUT2D eigenvalue weighted by Gasteiger charge is -2.03. The summed E-state index contributed by atoms with van der Waals surface area (Å²) in [6, 6.07) is 11.1. The van der Waals surface area contributed by atoms with Crippen LogP contribution in [-0.4, -0.2) is 10.8 Å². The standard InChI is InChI=1S/C19H11Cl2FN2O4/c20-11-1-5-14(15(21)9-11)18-7-3-13(28-18)4-8-19(25)23-17-10-12(24(26)27)2-6-16(17)22/h1-10H,(H,23,25)/b8-4+. The first-order valence-corrected chi connectivity index (χ1v) is 8.57. The Hall–Kier alpha value is -3.16. The van der Waals surface area contributed by atoms with Gasteiger partial charge in [0.05, 0.1) is 15.6 Å². The van der Waals surface area contributed by atoms with Crippen LogP contribution in [0.3, 0.4) is 0 Å². The van der Waals surface area contributed by atoms with Crippen molar-refractivity contribution in [1.29, 1.82) is 0 Å². The number of non-ortho nitro benzene ring substituents is 1. The maximum Gasteiger partial charge on any atom is 0.271 e. The van der Waals surface area contributed by atoms with Crippen LogP contribution in [0, 0.1) is 15.9 Å². The van der Waals surface area contributed by atoms with Crippen molar-refractivity contribution in [3.05, 3.63) is 86.3 Å². The first-order chi connectivity index (χ1) is 13.3. The summed E-state index contributed by atoms with van der Waals surface area (Å²) in [5, 5.41) is 13.9. The van der Waals surface area contributed by atoms with Crippen molar-refractivity contribution in [2.75, 3.05) is 5.32 Å².